The van der Waals surface area contributed by atoms with Crippen LogP contribution in [-0.2, 0) is 0 Å². The quantitative estimate of drug-likeness (QED) is 0.768. The molecular formula is C11H7NO3. The number of nitrogens with zero attached hydrogens (tertiary/aromatic N) is 1. The molecule has 4 nitrogen and oxygen atoms in total. The molecule has 0 aliphatic carbocycles. The molecule has 1 N–H and O–H groups in total. The second kappa shape index (κ2) is 3.14. The minimum atomic E-state index is -1.01. The van der Waals surface area contributed by atoms with Crippen molar-refractivity contribution >= 4 is 16.9 Å². The molecule has 0 atom stereocenters. The van der Waals surface area contributed by atoms with E-state index in [2.05, 4.69) is 0 Å². The standard InChI is InChI=1S/C11H7NO3/c1-6-8-3-2-7(11(13)14)4-9(8)15-10(6)5-12/h2-4H,1H3,(H,13,14). The molecule has 0 unspecified atom stereocenters. The Hall–Kier alpha value is -2.28. The number of hydrogen-bond acceptors (Lipinski definition) is 3. The molecule has 2 aromatic rings. The Morgan fingerprint density at radius 1 is 1.53 bits per heavy atom. The van der Waals surface area contributed by atoms with Crippen LogP contribution in [-0.4, -0.2) is 11.1 Å². The van der Waals surface area contributed by atoms with Gasteiger partial charge in [-0.25, -0.2) is 4.79 Å². The monoisotopic (exact) mass is 201 g/mol. The number of carboxylic acid groups (broad SMARTS) is 1. The van der Waals surface area contributed by atoms with Gasteiger partial charge < -0.3 is 9.52 Å². The van der Waals surface area contributed by atoms with Crippen LogP contribution in [0.3, 0.4) is 0 Å². The number of aryl methyl sites for hydroxylation is 1. The largest absolute Gasteiger partial charge is 0.478 e. The lowest BCUT2D eigenvalue weighted by Crippen LogP contribution is -1.94. The van der Waals surface area contributed by atoms with Gasteiger partial charge in [0.15, 0.2) is 0 Å². The van der Waals surface area contributed by atoms with Crippen molar-refractivity contribution < 1.29 is 14.3 Å². The second-order valence-electron chi connectivity index (χ2n) is 3.18. The first-order valence-electron chi connectivity index (χ1n) is 4.30. The van der Waals surface area contributed by atoms with Crippen molar-refractivity contribution in [2.24, 2.45) is 0 Å². The number of aromatic carboxylic acids is 1. The maximum atomic E-state index is 10.7. The van der Waals surface area contributed by atoms with Crippen LogP contribution < -0.4 is 0 Å². The lowest BCUT2D eigenvalue weighted by molar-refractivity contribution is 0.0697. The van der Waals surface area contributed by atoms with Crippen molar-refractivity contribution in [3.63, 3.8) is 0 Å². The summed E-state index contributed by atoms with van der Waals surface area (Å²) in [6.07, 6.45) is 0. The third kappa shape index (κ3) is 1.34. The predicted octanol–water partition coefficient (Wildman–Crippen LogP) is 2.31. The Morgan fingerprint density at radius 3 is 2.87 bits per heavy atom. The van der Waals surface area contributed by atoms with Gasteiger partial charge >= 0.3 is 5.97 Å². The molecule has 0 radical (unpaired) electrons. The lowest BCUT2D eigenvalue weighted by Gasteiger charge is -1.93. The number of hydrogen-bond donors (Lipinski definition) is 1. The lowest BCUT2D eigenvalue weighted by atomic mass is 10.1. The summed E-state index contributed by atoms with van der Waals surface area (Å²) in [4.78, 5) is 10.7. The molecule has 4 heteroatoms. The predicted molar refractivity (Wildman–Crippen MR) is 52.6 cm³/mol. The number of nitriles is 1. The van der Waals surface area contributed by atoms with E-state index >= 15 is 0 Å². The molecular weight excluding hydrogens is 194 g/mol. The van der Waals surface area contributed by atoms with Crippen LogP contribution >= 0.6 is 0 Å². The molecule has 0 saturated carbocycles. The number of carbonyl (C=O) groups is 1. The van der Waals surface area contributed by atoms with Gasteiger partial charge in [0.1, 0.15) is 11.7 Å². The average molecular weight is 201 g/mol. The third-order valence-corrected chi connectivity index (χ3v) is 2.29. The van der Waals surface area contributed by atoms with E-state index in [1.165, 1.54) is 12.1 Å². The first-order valence-corrected chi connectivity index (χ1v) is 4.30. The van der Waals surface area contributed by atoms with Gasteiger partial charge in [-0.3, -0.25) is 0 Å². The Labute approximate surface area is 85.4 Å². The van der Waals surface area contributed by atoms with E-state index < -0.39 is 5.97 Å². The number of carboxylic acids is 1. The fraction of sp³-hybridized carbons (Fsp3) is 0.0909. The minimum Gasteiger partial charge on any atom is -0.478 e. The van der Waals surface area contributed by atoms with Crippen molar-refractivity contribution in [1.29, 1.82) is 5.26 Å². The van der Waals surface area contributed by atoms with Crippen molar-refractivity contribution in [2.45, 2.75) is 6.92 Å². The number of benzene rings is 1. The van der Waals surface area contributed by atoms with Crippen LogP contribution in [0.4, 0.5) is 0 Å². The van der Waals surface area contributed by atoms with Gasteiger partial charge in [-0.15, -0.1) is 0 Å². The Morgan fingerprint density at radius 2 is 2.27 bits per heavy atom. The molecule has 2 rings (SSSR count). The first-order chi connectivity index (χ1) is 7.13. The summed E-state index contributed by atoms with van der Waals surface area (Å²) in [6, 6.07) is 6.49. The van der Waals surface area contributed by atoms with Crippen LogP contribution in [0.5, 0.6) is 0 Å². The highest BCUT2D eigenvalue weighted by Gasteiger charge is 2.11. The molecule has 1 aromatic carbocycles. The van der Waals surface area contributed by atoms with E-state index in [-0.39, 0.29) is 11.3 Å². The van der Waals surface area contributed by atoms with Crippen LogP contribution in [0.15, 0.2) is 22.6 Å². The zero-order valence-corrected chi connectivity index (χ0v) is 7.94. The van der Waals surface area contributed by atoms with Gasteiger partial charge in [0.05, 0.1) is 5.56 Å². The fourth-order valence-electron chi connectivity index (χ4n) is 1.47. The topological polar surface area (TPSA) is 74.2 Å². The van der Waals surface area contributed by atoms with Gasteiger partial charge in [-0.2, -0.15) is 5.26 Å². The molecule has 1 aromatic heterocycles. The summed E-state index contributed by atoms with van der Waals surface area (Å²) in [6.45, 7) is 1.77. The zero-order chi connectivity index (χ0) is 11.0. The van der Waals surface area contributed by atoms with E-state index in [0.717, 1.165) is 10.9 Å². The van der Waals surface area contributed by atoms with E-state index in [4.69, 9.17) is 14.8 Å². The zero-order valence-electron chi connectivity index (χ0n) is 7.94. The highest BCUT2D eigenvalue weighted by molar-refractivity contribution is 5.94. The third-order valence-electron chi connectivity index (χ3n) is 2.29. The minimum absolute atomic E-state index is 0.153. The average Bonchev–Trinajstić information content (AvgIpc) is 2.55. The maximum absolute atomic E-state index is 10.7. The van der Waals surface area contributed by atoms with E-state index in [1.54, 1.807) is 13.0 Å². The molecule has 1 heterocycles. The van der Waals surface area contributed by atoms with Gasteiger partial charge in [-0.05, 0) is 25.1 Å². The normalized spacial score (nSPS) is 10.1. The molecule has 15 heavy (non-hydrogen) atoms. The molecule has 0 fully saturated rings. The molecule has 74 valence electrons. The molecule has 0 amide bonds. The van der Waals surface area contributed by atoms with Crippen molar-refractivity contribution in [3.05, 3.63) is 35.1 Å². The first kappa shape index (κ1) is 9.28. The smallest absolute Gasteiger partial charge is 0.335 e. The number of fused-ring (bicyclic) bond motifs is 1. The molecule has 0 aliphatic rings. The highest BCUT2D eigenvalue weighted by Crippen LogP contribution is 2.25. The summed E-state index contributed by atoms with van der Waals surface area (Å²) < 4.78 is 5.21. The summed E-state index contributed by atoms with van der Waals surface area (Å²) in [5, 5.41) is 18.3. The van der Waals surface area contributed by atoms with E-state index in [0.29, 0.717) is 5.58 Å². The molecule has 0 aliphatic heterocycles. The van der Waals surface area contributed by atoms with Crippen LogP contribution in [0.25, 0.3) is 11.0 Å². The van der Waals surface area contributed by atoms with Crippen LogP contribution in [0.1, 0.15) is 21.7 Å². The molecule has 0 spiro atoms. The van der Waals surface area contributed by atoms with Crippen LogP contribution in [0.2, 0.25) is 0 Å². The second-order valence-corrected chi connectivity index (χ2v) is 3.18. The Balaban J connectivity index is 2.75. The van der Waals surface area contributed by atoms with Crippen molar-refractivity contribution in [2.75, 3.05) is 0 Å². The van der Waals surface area contributed by atoms with Crippen molar-refractivity contribution in [1.82, 2.24) is 0 Å². The van der Waals surface area contributed by atoms with Gasteiger partial charge in [-0.1, -0.05) is 0 Å². The summed E-state index contributed by atoms with van der Waals surface area (Å²) in [5.41, 5.74) is 1.33. The molecule has 0 bridgehead atoms. The maximum Gasteiger partial charge on any atom is 0.335 e. The van der Waals surface area contributed by atoms with E-state index in [9.17, 15) is 4.79 Å². The summed E-state index contributed by atoms with van der Waals surface area (Å²) >= 11 is 0. The van der Waals surface area contributed by atoms with E-state index in [1.807, 2.05) is 6.07 Å². The van der Waals surface area contributed by atoms with Gasteiger partial charge in [0.2, 0.25) is 5.76 Å². The summed E-state index contributed by atoms with van der Waals surface area (Å²) in [5.74, 6) is -0.781. The van der Waals surface area contributed by atoms with Gasteiger partial charge in [0, 0.05) is 10.9 Å². The fourth-order valence-corrected chi connectivity index (χ4v) is 1.47. The molecule has 0 saturated heterocycles. The van der Waals surface area contributed by atoms with Crippen LogP contribution in [0, 0.1) is 18.3 Å². The Kier molecular flexibility index (Phi) is 1.94. The number of rotatable bonds is 1. The van der Waals surface area contributed by atoms with Gasteiger partial charge in [0.25, 0.3) is 0 Å². The highest BCUT2D eigenvalue weighted by atomic mass is 16.4. The Bertz CT molecular complexity index is 590. The summed E-state index contributed by atoms with van der Waals surface area (Å²) in [7, 11) is 0. The SMILES string of the molecule is Cc1c(C#N)oc2cc(C(=O)O)ccc12. The van der Waals surface area contributed by atoms with Crippen molar-refractivity contribution in [3.8, 4) is 6.07 Å². The number of furan rings is 1.